The van der Waals surface area contributed by atoms with Gasteiger partial charge in [-0.15, -0.1) is 0 Å². The van der Waals surface area contributed by atoms with Crippen LogP contribution in [0.1, 0.15) is 19.8 Å². The minimum atomic E-state index is 0.622. The highest BCUT2D eigenvalue weighted by molar-refractivity contribution is 5.64. The van der Waals surface area contributed by atoms with E-state index in [1.165, 1.54) is 11.3 Å². The van der Waals surface area contributed by atoms with Gasteiger partial charge < -0.3 is 16.0 Å². The monoisotopic (exact) mass is 220 g/mol. The lowest BCUT2D eigenvalue weighted by Gasteiger charge is -2.31. The van der Waals surface area contributed by atoms with Crippen molar-refractivity contribution in [1.82, 2.24) is 10.2 Å². The average molecular weight is 220 g/mol. The molecule has 1 saturated heterocycles. The Hall–Kier alpha value is -1.29. The van der Waals surface area contributed by atoms with Crippen molar-refractivity contribution in [3.05, 3.63) is 23.2 Å². The molecule has 0 atom stereocenters. The first kappa shape index (κ1) is 11.2. The van der Waals surface area contributed by atoms with Crippen LogP contribution in [0.2, 0.25) is 0 Å². The van der Waals surface area contributed by atoms with Crippen molar-refractivity contribution in [3.8, 4) is 0 Å². The lowest BCUT2D eigenvalue weighted by molar-refractivity contribution is 0.304. The van der Waals surface area contributed by atoms with Gasteiger partial charge in [-0.3, -0.25) is 0 Å². The average Bonchev–Trinajstić information content (AvgIpc) is 2.52. The van der Waals surface area contributed by atoms with E-state index in [2.05, 4.69) is 22.1 Å². The first-order valence-corrected chi connectivity index (χ1v) is 5.98. The maximum Gasteiger partial charge on any atom is 0.124 e. The molecular formula is C12H20N4. The van der Waals surface area contributed by atoms with Crippen LogP contribution in [-0.4, -0.2) is 37.3 Å². The van der Waals surface area contributed by atoms with Crippen LogP contribution in [0.3, 0.4) is 0 Å². The molecular weight excluding hydrogens is 200 g/mol. The molecule has 0 radical (unpaired) electrons. The summed E-state index contributed by atoms with van der Waals surface area (Å²) in [6.07, 6.45) is 5.93. The zero-order chi connectivity index (χ0) is 11.4. The van der Waals surface area contributed by atoms with E-state index >= 15 is 0 Å². The summed E-state index contributed by atoms with van der Waals surface area (Å²) in [5.74, 6) is 0.622. The molecule has 0 bridgehead atoms. The molecule has 88 valence electrons. The Morgan fingerprint density at radius 1 is 1.44 bits per heavy atom. The standard InChI is InChI=1S/C12H20N4/c1-2-10-3-4-15-12(13)9-11(10)16-7-5-14-6-8-16/h4,9,14H,2-3,5-8,13H2,1H3. The SMILES string of the molecule is CCC1=C(N2CCNCC2)C=C(N)N=CC1. The highest BCUT2D eigenvalue weighted by Gasteiger charge is 2.16. The predicted molar refractivity (Wildman–Crippen MR) is 67.1 cm³/mol. The van der Waals surface area contributed by atoms with E-state index in [0.29, 0.717) is 5.82 Å². The Balaban J connectivity index is 2.25. The Kier molecular flexibility index (Phi) is 3.62. The molecule has 1 fully saturated rings. The Labute approximate surface area is 96.9 Å². The van der Waals surface area contributed by atoms with Gasteiger partial charge in [0.15, 0.2) is 0 Å². The van der Waals surface area contributed by atoms with Crippen LogP contribution < -0.4 is 11.1 Å². The molecule has 4 nitrogen and oxygen atoms in total. The number of piperazine rings is 1. The lowest BCUT2D eigenvalue weighted by Crippen LogP contribution is -2.43. The molecule has 0 aromatic heterocycles. The molecule has 2 rings (SSSR count). The summed E-state index contributed by atoms with van der Waals surface area (Å²) in [5.41, 5.74) is 8.56. The van der Waals surface area contributed by atoms with Gasteiger partial charge in [0.05, 0.1) is 0 Å². The number of nitrogens with zero attached hydrogens (tertiary/aromatic N) is 2. The minimum Gasteiger partial charge on any atom is -0.384 e. The van der Waals surface area contributed by atoms with Crippen molar-refractivity contribution in [3.63, 3.8) is 0 Å². The fourth-order valence-electron chi connectivity index (χ4n) is 2.19. The Bertz CT molecular complexity index is 335. The van der Waals surface area contributed by atoms with Gasteiger partial charge in [-0.25, -0.2) is 4.99 Å². The van der Waals surface area contributed by atoms with Gasteiger partial charge in [-0.1, -0.05) is 6.92 Å². The van der Waals surface area contributed by atoms with Crippen LogP contribution in [0.15, 0.2) is 28.2 Å². The van der Waals surface area contributed by atoms with Crippen LogP contribution in [0.5, 0.6) is 0 Å². The number of aliphatic imine (C=N–C) groups is 1. The number of nitrogens with one attached hydrogen (secondary N) is 1. The quantitative estimate of drug-likeness (QED) is 0.725. The van der Waals surface area contributed by atoms with E-state index < -0.39 is 0 Å². The zero-order valence-corrected chi connectivity index (χ0v) is 9.87. The van der Waals surface area contributed by atoms with Gasteiger partial charge in [-0.05, 0) is 12.0 Å². The number of hydrogen-bond acceptors (Lipinski definition) is 4. The third-order valence-electron chi connectivity index (χ3n) is 3.11. The summed E-state index contributed by atoms with van der Waals surface area (Å²) in [4.78, 5) is 6.61. The molecule has 2 aliphatic heterocycles. The van der Waals surface area contributed by atoms with Crippen molar-refractivity contribution in [1.29, 1.82) is 0 Å². The van der Waals surface area contributed by atoms with Crippen LogP contribution in [0.25, 0.3) is 0 Å². The highest BCUT2D eigenvalue weighted by atomic mass is 15.2. The third-order valence-corrected chi connectivity index (χ3v) is 3.11. The molecule has 0 spiro atoms. The molecule has 0 unspecified atom stereocenters. The van der Waals surface area contributed by atoms with Gasteiger partial charge in [0.1, 0.15) is 5.82 Å². The summed E-state index contributed by atoms with van der Waals surface area (Å²) in [6.45, 7) is 6.41. The van der Waals surface area contributed by atoms with Crippen molar-refractivity contribution in [2.45, 2.75) is 19.8 Å². The number of hydrogen-bond donors (Lipinski definition) is 2. The molecule has 2 heterocycles. The second-order valence-electron chi connectivity index (χ2n) is 4.16. The summed E-state index contributed by atoms with van der Waals surface area (Å²) >= 11 is 0. The normalized spacial score (nSPS) is 22.1. The first-order valence-electron chi connectivity index (χ1n) is 5.98. The summed E-state index contributed by atoms with van der Waals surface area (Å²) in [6, 6.07) is 0. The molecule has 0 aliphatic carbocycles. The molecule has 4 heteroatoms. The molecule has 16 heavy (non-hydrogen) atoms. The zero-order valence-electron chi connectivity index (χ0n) is 9.87. The largest absolute Gasteiger partial charge is 0.384 e. The molecule has 3 N–H and O–H groups in total. The summed E-state index contributed by atoms with van der Waals surface area (Å²) in [7, 11) is 0. The van der Waals surface area contributed by atoms with E-state index in [1.54, 1.807) is 0 Å². The van der Waals surface area contributed by atoms with Crippen molar-refractivity contribution < 1.29 is 0 Å². The fraction of sp³-hybridized carbons (Fsp3) is 0.583. The molecule has 0 aromatic rings. The van der Waals surface area contributed by atoms with Gasteiger partial charge in [0.25, 0.3) is 0 Å². The molecule has 2 aliphatic rings. The van der Waals surface area contributed by atoms with E-state index in [0.717, 1.165) is 39.0 Å². The maximum atomic E-state index is 5.84. The molecule has 0 aromatic carbocycles. The number of nitrogens with two attached hydrogens (primary N) is 1. The van der Waals surface area contributed by atoms with Gasteiger partial charge >= 0.3 is 0 Å². The Morgan fingerprint density at radius 3 is 2.88 bits per heavy atom. The van der Waals surface area contributed by atoms with E-state index in [1.807, 2.05) is 12.3 Å². The number of allylic oxidation sites excluding steroid dienone is 2. The lowest BCUT2D eigenvalue weighted by atomic mass is 10.1. The third kappa shape index (κ3) is 2.44. The van der Waals surface area contributed by atoms with Crippen LogP contribution in [-0.2, 0) is 0 Å². The van der Waals surface area contributed by atoms with Crippen molar-refractivity contribution in [2.24, 2.45) is 10.7 Å². The maximum absolute atomic E-state index is 5.84. The second-order valence-corrected chi connectivity index (χ2v) is 4.16. The van der Waals surface area contributed by atoms with E-state index in [-0.39, 0.29) is 0 Å². The summed E-state index contributed by atoms with van der Waals surface area (Å²) < 4.78 is 0. The van der Waals surface area contributed by atoms with Gasteiger partial charge in [0.2, 0.25) is 0 Å². The van der Waals surface area contributed by atoms with Crippen molar-refractivity contribution in [2.75, 3.05) is 26.2 Å². The summed E-state index contributed by atoms with van der Waals surface area (Å²) in [5, 5.41) is 3.37. The van der Waals surface area contributed by atoms with Crippen LogP contribution in [0, 0.1) is 0 Å². The number of rotatable bonds is 2. The minimum absolute atomic E-state index is 0.622. The van der Waals surface area contributed by atoms with Crippen LogP contribution in [0.4, 0.5) is 0 Å². The van der Waals surface area contributed by atoms with Gasteiger partial charge in [0, 0.05) is 50.6 Å². The van der Waals surface area contributed by atoms with Gasteiger partial charge in [-0.2, -0.15) is 0 Å². The molecule has 0 amide bonds. The second kappa shape index (κ2) is 5.16. The topological polar surface area (TPSA) is 53.6 Å². The van der Waals surface area contributed by atoms with Crippen molar-refractivity contribution >= 4 is 6.21 Å². The predicted octanol–water partition coefficient (Wildman–Crippen LogP) is 0.830. The first-order chi connectivity index (χ1) is 7.81. The van der Waals surface area contributed by atoms with Crippen LogP contribution >= 0.6 is 0 Å². The molecule has 0 saturated carbocycles. The highest BCUT2D eigenvalue weighted by Crippen LogP contribution is 2.21. The smallest absolute Gasteiger partial charge is 0.124 e. The Morgan fingerprint density at radius 2 is 2.19 bits per heavy atom. The fourth-order valence-corrected chi connectivity index (χ4v) is 2.19. The van der Waals surface area contributed by atoms with E-state index in [9.17, 15) is 0 Å². The van der Waals surface area contributed by atoms with E-state index in [4.69, 9.17) is 5.73 Å².